The number of thiol groups is 2. The summed E-state index contributed by atoms with van der Waals surface area (Å²) in [5.74, 6) is -0.707. The summed E-state index contributed by atoms with van der Waals surface area (Å²) in [7, 11) is 0. The van der Waals surface area contributed by atoms with Gasteiger partial charge >= 0.3 is 29.6 Å². The quantitative estimate of drug-likeness (QED) is 0.269. The van der Waals surface area contributed by atoms with Crippen LogP contribution in [0.1, 0.15) is 1.43 Å². The van der Waals surface area contributed by atoms with Crippen LogP contribution in [-0.2, 0) is 0 Å². The summed E-state index contributed by atoms with van der Waals surface area (Å²) in [5, 5.41) is 16.3. The molecule has 0 aliphatic heterocycles. The molecule has 44 valence electrons. The van der Waals surface area contributed by atoms with Gasteiger partial charge in [0, 0.05) is 0 Å². The molecule has 0 rings (SSSR count). The van der Waals surface area contributed by atoms with Gasteiger partial charge in [-0.25, -0.2) is 0 Å². The van der Waals surface area contributed by atoms with Crippen LogP contribution < -0.4 is 29.6 Å². The predicted molar refractivity (Wildman–Crippen MR) is 37.6 cm³/mol. The molecule has 2 nitrogen and oxygen atoms in total. The number of hydrogen-bond donors (Lipinski definition) is 2. The Balaban J connectivity index is -0.000000245. The molecule has 0 fully saturated rings. The molecule has 0 heterocycles. The Kier molecular flexibility index (Phi) is 9.34. The summed E-state index contributed by atoms with van der Waals surface area (Å²) in [6, 6.07) is 3.47. The normalized spacial score (nSPS) is 7.78. The summed E-state index contributed by atoms with van der Waals surface area (Å²) < 4.78 is -0.454. The summed E-state index contributed by atoms with van der Waals surface area (Å²) in [5.41, 5.74) is 0. The van der Waals surface area contributed by atoms with Crippen LogP contribution in [0.15, 0.2) is 0 Å². The van der Waals surface area contributed by atoms with Crippen LogP contribution in [0.4, 0.5) is 0 Å². The van der Waals surface area contributed by atoms with E-state index in [1.807, 2.05) is 0 Å². The van der Waals surface area contributed by atoms with Crippen molar-refractivity contribution in [1.29, 1.82) is 10.5 Å². The first-order valence-electron chi connectivity index (χ1n) is 1.87. The summed E-state index contributed by atoms with van der Waals surface area (Å²) in [6.07, 6.45) is 0. The van der Waals surface area contributed by atoms with Gasteiger partial charge in [-0.15, -0.1) is 0 Å². The van der Waals surface area contributed by atoms with Crippen LogP contribution in [0.25, 0.3) is 0 Å². The number of rotatable bonds is 1. The second-order valence-electron chi connectivity index (χ2n) is 1.15. The van der Waals surface area contributed by atoms with Crippen molar-refractivity contribution in [3.05, 3.63) is 0 Å². The molecule has 9 heavy (non-hydrogen) atoms. The van der Waals surface area contributed by atoms with Crippen LogP contribution in [0.3, 0.4) is 0 Å². The van der Waals surface area contributed by atoms with Gasteiger partial charge in [-0.05, 0) is 0 Å². The molecule has 0 aliphatic rings. The number of nitrogens with zero attached hydrogens (tertiary/aromatic N) is 2. The van der Waals surface area contributed by atoms with E-state index in [1.54, 1.807) is 12.1 Å². The zero-order chi connectivity index (χ0) is 6.57. The second-order valence-corrected chi connectivity index (χ2v) is 2.67. The topological polar surface area (TPSA) is 47.6 Å². The molecule has 0 bridgehead atoms. The summed E-state index contributed by atoms with van der Waals surface area (Å²) >= 11 is 7.54. The van der Waals surface area contributed by atoms with E-state index in [-0.39, 0.29) is 31.0 Å². The van der Waals surface area contributed by atoms with E-state index >= 15 is 0 Å². The third-order valence-corrected chi connectivity index (χ3v) is 1.17. The van der Waals surface area contributed by atoms with Crippen molar-refractivity contribution in [1.82, 2.24) is 0 Å². The van der Waals surface area contributed by atoms with Gasteiger partial charge in [-0.2, -0.15) is 35.8 Å². The molecular weight excluding hydrogens is 163 g/mol. The Labute approximate surface area is 88.8 Å². The Morgan fingerprint density at radius 3 is 1.56 bits per heavy atom. The molecule has 0 aromatic rings. The van der Waals surface area contributed by atoms with Gasteiger partial charge in [0.05, 0.1) is 16.7 Å². The maximum Gasteiger partial charge on any atom is 1.00 e. The van der Waals surface area contributed by atoms with Gasteiger partial charge in [0.25, 0.3) is 0 Å². The molecule has 0 unspecified atom stereocenters. The summed E-state index contributed by atoms with van der Waals surface area (Å²) in [4.78, 5) is 0. The first kappa shape index (κ1) is 12.4. The fourth-order valence-electron chi connectivity index (χ4n) is 0.162. The molecule has 5 heteroatoms. The molecule has 0 saturated heterocycles. The van der Waals surface area contributed by atoms with Crippen molar-refractivity contribution >= 4 is 25.3 Å². The van der Waals surface area contributed by atoms with E-state index in [0.29, 0.717) is 0 Å². The van der Waals surface area contributed by atoms with E-state index in [2.05, 4.69) is 25.3 Å². The minimum Gasteiger partial charge on any atom is -1.00 e. The molecule has 0 radical (unpaired) electrons. The number of hydrogen-bond acceptors (Lipinski definition) is 4. The van der Waals surface area contributed by atoms with E-state index < -0.39 is 10.5 Å². The molecule has 0 N–H and O–H groups in total. The fraction of sp³-hybridized carbons (Fsp3) is 0.500. The van der Waals surface area contributed by atoms with Gasteiger partial charge in [0.2, 0.25) is 0 Å². The third-order valence-electron chi connectivity index (χ3n) is 0.576. The third kappa shape index (κ3) is 5.14. The Morgan fingerprint density at radius 2 is 1.56 bits per heavy atom. The standard InChI is InChI=1S/C4H4N2S2.Na.H/c5-1-3(2-6)4(7)8;;/h3-4,7-8H;;/q;+1;-1. The average molecular weight is 168 g/mol. The van der Waals surface area contributed by atoms with E-state index in [0.717, 1.165) is 0 Å². The molecule has 0 spiro atoms. The molecule has 0 saturated carbocycles. The predicted octanol–water partition coefficient (Wildman–Crippen LogP) is -2.05. The van der Waals surface area contributed by atoms with E-state index in [9.17, 15) is 0 Å². The molecule has 0 aromatic heterocycles. The van der Waals surface area contributed by atoms with Crippen molar-refractivity contribution < 1.29 is 31.0 Å². The number of nitriles is 2. The zero-order valence-corrected chi connectivity index (χ0v) is 8.73. The Bertz CT molecular complexity index is 136. The van der Waals surface area contributed by atoms with Gasteiger partial charge in [0.15, 0.2) is 5.92 Å². The first-order chi connectivity index (χ1) is 3.72. The molecule has 0 amide bonds. The van der Waals surface area contributed by atoms with Crippen molar-refractivity contribution in [3.63, 3.8) is 0 Å². The van der Waals surface area contributed by atoms with Crippen LogP contribution in [0, 0.1) is 28.6 Å². The SMILES string of the molecule is N#CC(C#N)C(S)S.[H-].[Na+]. The van der Waals surface area contributed by atoms with Crippen LogP contribution in [0.5, 0.6) is 0 Å². The molecule has 0 aromatic carbocycles. The molecular formula is C4H5N2NaS2. The maximum atomic E-state index is 8.13. The summed E-state index contributed by atoms with van der Waals surface area (Å²) in [6.45, 7) is 0. The van der Waals surface area contributed by atoms with Gasteiger partial charge in [0.1, 0.15) is 0 Å². The van der Waals surface area contributed by atoms with E-state index in [4.69, 9.17) is 10.5 Å². The van der Waals surface area contributed by atoms with Crippen LogP contribution >= 0.6 is 25.3 Å². The Morgan fingerprint density at radius 1 is 1.22 bits per heavy atom. The smallest absolute Gasteiger partial charge is 1.00 e. The minimum absolute atomic E-state index is 0. The largest absolute Gasteiger partial charge is 1.00 e. The van der Waals surface area contributed by atoms with Gasteiger partial charge in [-0.3, -0.25) is 0 Å². The molecule has 0 aliphatic carbocycles. The van der Waals surface area contributed by atoms with Crippen molar-refractivity contribution in [2.24, 2.45) is 5.92 Å². The van der Waals surface area contributed by atoms with Crippen molar-refractivity contribution in [2.75, 3.05) is 0 Å². The zero-order valence-electron chi connectivity index (χ0n) is 5.94. The van der Waals surface area contributed by atoms with E-state index in [1.165, 1.54) is 0 Å². The van der Waals surface area contributed by atoms with Gasteiger partial charge in [-0.1, -0.05) is 0 Å². The van der Waals surface area contributed by atoms with Crippen LogP contribution in [-0.4, -0.2) is 4.58 Å². The molecule has 0 atom stereocenters. The van der Waals surface area contributed by atoms with Crippen molar-refractivity contribution in [2.45, 2.75) is 4.58 Å². The minimum atomic E-state index is -0.707. The van der Waals surface area contributed by atoms with Crippen molar-refractivity contribution in [3.8, 4) is 12.1 Å². The van der Waals surface area contributed by atoms with Crippen LogP contribution in [0.2, 0.25) is 0 Å². The second kappa shape index (κ2) is 6.80. The average Bonchev–Trinajstić information content (AvgIpc) is 1.69. The Hall–Kier alpha value is 0.680. The van der Waals surface area contributed by atoms with Gasteiger partial charge < -0.3 is 1.43 Å². The monoisotopic (exact) mass is 168 g/mol. The maximum absolute atomic E-state index is 8.13. The fourth-order valence-corrected chi connectivity index (χ4v) is 0.429. The first-order valence-corrected chi connectivity index (χ1v) is 2.91.